The molecule has 2 heterocycles. The number of nitrogens with zero attached hydrogens (tertiary/aromatic N) is 3. The van der Waals surface area contributed by atoms with Gasteiger partial charge in [-0.2, -0.15) is 0 Å². The molecular weight excluding hydrogens is 204 g/mol. The van der Waals surface area contributed by atoms with Gasteiger partial charge in [0.15, 0.2) is 0 Å². The van der Waals surface area contributed by atoms with Crippen molar-refractivity contribution in [1.29, 1.82) is 0 Å². The third-order valence-corrected chi connectivity index (χ3v) is 2.78. The number of ether oxygens (including phenoxy) is 1. The Morgan fingerprint density at radius 1 is 1.44 bits per heavy atom. The lowest BCUT2D eigenvalue weighted by Gasteiger charge is -2.37. The van der Waals surface area contributed by atoms with E-state index >= 15 is 0 Å². The minimum Gasteiger partial charge on any atom is -0.375 e. The second-order valence-corrected chi connectivity index (χ2v) is 4.16. The van der Waals surface area contributed by atoms with Crippen molar-refractivity contribution < 1.29 is 4.74 Å². The van der Waals surface area contributed by atoms with Gasteiger partial charge < -0.3 is 15.0 Å². The second-order valence-electron chi connectivity index (χ2n) is 4.16. The molecule has 0 saturated carbocycles. The van der Waals surface area contributed by atoms with Crippen LogP contribution in [0.1, 0.15) is 13.8 Å². The fourth-order valence-electron chi connectivity index (χ4n) is 1.84. The van der Waals surface area contributed by atoms with E-state index in [4.69, 9.17) is 4.74 Å². The fourth-order valence-corrected chi connectivity index (χ4v) is 1.84. The molecule has 1 aromatic heterocycles. The fraction of sp³-hybridized carbons (Fsp3) is 0.636. The maximum absolute atomic E-state index is 5.59. The highest BCUT2D eigenvalue weighted by atomic mass is 16.5. The largest absolute Gasteiger partial charge is 0.375 e. The Morgan fingerprint density at radius 3 is 3.00 bits per heavy atom. The molecule has 1 fully saturated rings. The van der Waals surface area contributed by atoms with Crippen molar-refractivity contribution in [2.45, 2.75) is 26.0 Å². The van der Waals surface area contributed by atoms with Crippen LogP contribution in [-0.4, -0.2) is 42.3 Å². The summed E-state index contributed by atoms with van der Waals surface area (Å²) in [6, 6.07) is 0.345. The highest BCUT2D eigenvalue weighted by Crippen LogP contribution is 2.19. The lowest BCUT2D eigenvalue weighted by atomic mass is 10.2. The zero-order valence-electron chi connectivity index (χ0n) is 9.97. The number of hydrogen-bond acceptors (Lipinski definition) is 5. The van der Waals surface area contributed by atoms with Gasteiger partial charge in [0, 0.05) is 13.6 Å². The minimum atomic E-state index is 0.247. The predicted octanol–water partition coefficient (Wildman–Crippen LogP) is 1.13. The van der Waals surface area contributed by atoms with Crippen LogP contribution in [0.5, 0.6) is 0 Å². The quantitative estimate of drug-likeness (QED) is 0.813. The first kappa shape index (κ1) is 11.1. The number of nitrogens with one attached hydrogen (secondary N) is 1. The minimum absolute atomic E-state index is 0.247. The van der Waals surface area contributed by atoms with Crippen molar-refractivity contribution in [2.24, 2.45) is 0 Å². The van der Waals surface area contributed by atoms with Gasteiger partial charge in [-0.1, -0.05) is 0 Å². The van der Waals surface area contributed by atoms with E-state index in [-0.39, 0.29) is 6.10 Å². The van der Waals surface area contributed by atoms with Gasteiger partial charge in [-0.25, -0.2) is 4.98 Å². The summed E-state index contributed by atoms with van der Waals surface area (Å²) >= 11 is 0. The van der Waals surface area contributed by atoms with Crippen LogP contribution < -0.4 is 10.2 Å². The zero-order chi connectivity index (χ0) is 11.5. The van der Waals surface area contributed by atoms with Gasteiger partial charge in [-0.05, 0) is 13.8 Å². The SMILES string of the molecule is CNc1cncc(N2CC(C)OCC2C)n1. The van der Waals surface area contributed by atoms with Crippen LogP contribution in [0.25, 0.3) is 0 Å². The number of rotatable bonds is 2. The van der Waals surface area contributed by atoms with Crippen LogP contribution in [0.4, 0.5) is 11.6 Å². The zero-order valence-corrected chi connectivity index (χ0v) is 9.97. The molecule has 5 nitrogen and oxygen atoms in total. The van der Waals surface area contributed by atoms with Crippen molar-refractivity contribution in [1.82, 2.24) is 9.97 Å². The number of anilines is 2. The lowest BCUT2D eigenvalue weighted by molar-refractivity contribution is 0.0340. The summed E-state index contributed by atoms with van der Waals surface area (Å²) in [5.41, 5.74) is 0. The van der Waals surface area contributed by atoms with E-state index in [9.17, 15) is 0 Å². The predicted molar refractivity (Wildman–Crippen MR) is 63.8 cm³/mol. The third-order valence-electron chi connectivity index (χ3n) is 2.78. The Morgan fingerprint density at radius 2 is 2.25 bits per heavy atom. The van der Waals surface area contributed by atoms with Crippen molar-refractivity contribution in [2.75, 3.05) is 30.4 Å². The van der Waals surface area contributed by atoms with Gasteiger partial charge in [0.1, 0.15) is 11.6 Å². The van der Waals surface area contributed by atoms with E-state index in [1.807, 2.05) is 7.05 Å². The first-order chi connectivity index (χ1) is 7.70. The van der Waals surface area contributed by atoms with Gasteiger partial charge in [0.25, 0.3) is 0 Å². The van der Waals surface area contributed by atoms with Crippen LogP contribution in [0.15, 0.2) is 12.4 Å². The second kappa shape index (κ2) is 4.65. The summed E-state index contributed by atoms with van der Waals surface area (Å²) in [6.45, 7) is 5.82. The average molecular weight is 222 g/mol. The first-order valence-corrected chi connectivity index (χ1v) is 5.58. The highest BCUT2D eigenvalue weighted by Gasteiger charge is 2.24. The highest BCUT2D eigenvalue weighted by molar-refractivity contribution is 5.44. The molecule has 0 aromatic carbocycles. The summed E-state index contributed by atoms with van der Waals surface area (Å²) in [5.74, 6) is 1.71. The molecular formula is C11H18N4O. The van der Waals surface area contributed by atoms with E-state index < -0.39 is 0 Å². The van der Waals surface area contributed by atoms with Gasteiger partial charge in [-0.3, -0.25) is 4.98 Å². The van der Waals surface area contributed by atoms with Gasteiger partial charge in [0.05, 0.1) is 31.1 Å². The number of morpholine rings is 1. The average Bonchev–Trinajstić information content (AvgIpc) is 2.32. The Bertz CT molecular complexity index is 358. The summed E-state index contributed by atoms with van der Waals surface area (Å²) in [4.78, 5) is 10.9. The maximum atomic E-state index is 5.59. The van der Waals surface area contributed by atoms with Crippen molar-refractivity contribution in [3.63, 3.8) is 0 Å². The lowest BCUT2D eigenvalue weighted by Crippen LogP contribution is -2.47. The van der Waals surface area contributed by atoms with Crippen LogP contribution in [0.3, 0.4) is 0 Å². The molecule has 2 unspecified atom stereocenters. The normalized spacial score (nSPS) is 25.6. The van der Waals surface area contributed by atoms with Crippen LogP contribution in [-0.2, 0) is 4.74 Å². The first-order valence-electron chi connectivity index (χ1n) is 5.58. The van der Waals surface area contributed by atoms with Gasteiger partial charge >= 0.3 is 0 Å². The molecule has 0 bridgehead atoms. The Kier molecular flexibility index (Phi) is 3.24. The molecule has 2 atom stereocenters. The molecule has 1 N–H and O–H groups in total. The van der Waals surface area contributed by atoms with Crippen molar-refractivity contribution >= 4 is 11.6 Å². The Labute approximate surface area is 95.8 Å². The van der Waals surface area contributed by atoms with Crippen molar-refractivity contribution in [3.05, 3.63) is 12.4 Å². The molecule has 1 aromatic rings. The van der Waals surface area contributed by atoms with Crippen molar-refractivity contribution in [3.8, 4) is 0 Å². The maximum Gasteiger partial charge on any atom is 0.149 e. The third kappa shape index (κ3) is 2.24. The standard InChI is InChI=1S/C11H18N4O/c1-8-7-16-9(2)6-15(8)11-5-13-4-10(12-3)14-11/h4-5,8-9H,6-7H2,1-3H3,(H,12,14). The Balaban J connectivity index is 2.20. The molecule has 1 aliphatic heterocycles. The molecule has 0 amide bonds. The van der Waals surface area contributed by atoms with Gasteiger partial charge in [0.2, 0.25) is 0 Å². The van der Waals surface area contributed by atoms with Crippen LogP contribution in [0, 0.1) is 0 Å². The molecule has 16 heavy (non-hydrogen) atoms. The van der Waals surface area contributed by atoms with Crippen LogP contribution >= 0.6 is 0 Å². The van der Waals surface area contributed by atoms with E-state index in [0.29, 0.717) is 6.04 Å². The monoisotopic (exact) mass is 222 g/mol. The molecule has 88 valence electrons. The summed E-state index contributed by atoms with van der Waals surface area (Å²) in [7, 11) is 1.85. The molecule has 5 heteroatoms. The topological polar surface area (TPSA) is 50.3 Å². The molecule has 1 aliphatic rings. The van der Waals surface area contributed by atoms with Crippen LogP contribution in [0.2, 0.25) is 0 Å². The summed E-state index contributed by atoms with van der Waals surface area (Å²) in [5, 5.41) is 3.00. The van der Waals surface area contributed by atoms with E-state index in [1.165, 1.54) is 0 Å². The summed E-state index contributed by atoms with van der Waals surface area (Å²) in [6.07, 6.45) is 3.77. The van der Waals surface area contributed by atoms with Gasteiger partial charge in [-0.15, -0.1) is 0 Å². The molecule has 0 radical (unpaired) electrons. The smallest absolute Gasteiger partial charge is 0.149 e. The van der Waals surface area contributed by atoms with E-state index in [1.54, 1.807) is 12.4 Å². The number of hydrogen-bond donors (Lipinski definition) is 1. The Hall–Kier alpha value is -1.36. The molecule has 2 rings (SSSR count). The number of aromatic nitrogens is 2. The van der Waals surface area contributed by atoms with E-state index in [2.05, 4.69) is 34.0 Å². The molecule has 0 aliphatic carbocycles. The summed E-state index contributed by atoms with van der Waals surface area (Å²) < 4.78 is 5.59. The molecule has 0 spiro atoms. The molecule has 1 saturated heterocycles. The van der Waals surface area contributed by atoms with E-state index in [0.717, 1.165) is 24.8 Å².